The Labute approximate surface area is 167 Å². The van der Waals surface area contributed by atoms with Gasteiger partial charge in [0, 0.05) is 39.1 Å². The molecule has 1 amide bonds. The van der Waals surface area contributed by atoms with Crippen LogP contribution in [-0.2, 0) is 17.9 Å². The summed E-state index contributed by atoms with van der Waals surface area (Å²) in [6.07, 6.45) is 1.93. The molecule has 3 heterocycles. The quantitative estimate of drug-likeness (QED) is 0.668. The Bertz CT molecular complexity index is 1080. The number of benzene rings is 1. The fraction of sp³-hybridized carbons (Fsp3) is 0.350. The van der Waals surface area contributed by atoms with E-state index in [1.165, 1.54) is 4.57 Å². The Balaban J connectivity index is 1.36. The van der Waals surface area contributed by atoms with Crippen molar-refractivity contribution in [1.82, 2.24) is 19.4 Å². The number of carbonyl (C=O) groups excluding carboxylic acids is 1. The smallest absolute Gasteiger partial charge is 0.262 e. The molecule has 1 fully saturated rings. The van der Waals surface area contributed by atoms with Crippen molar-refractivity contribution < 1.29 is 9.21 Å². The van der Waals surface area contributed by atoms with E-state index in [9.17, 15) is 9.59 Å². The van der Waals surface area contributed by atoms with Crippen molar-refractivity contribution in [3.05, 3.63) is 63.5 Å². The number of fused-ring (bicyclic) bond motifs is 1. The molecule has 28 heavy (non-hydrogen) atoms. The van der Waals surface area contributed by atoms with E-state index in [1.807, 2.05) is 35.2 Å². The summed E-state index contributed by atoms with van der Waals surface area (Å²) in [7, 11) is 0. The molecule has 0 spiro atoms. The second-order valence-electron chi connectivity index (χ2n) is 6.92. The molecule has 1 aliphatic heterocycles. The lowest BCUT2D eigenvalue weighted by Crippen LogP contribution is -2.48. The SMILES string of the molecule is O=C(CCn1c(=S)[nH]c2ccccc2c1=O)N1CCN(Cc2ccco2)CC1. The maximum absolute atomic E-state index is 12.7. The number of aromatic nitrogens is 2. The Morgan fingerprint density at radius 1 is 1.11 bits per heavy atom. The number of H-pyrrole nitrogens is 1. The number of rotatable bonds is 5. The molecule has 4 rings (SSSR count). The standard InChI is InChI=1S/C20H22N4O3S/c25-18(23-11-9-22(10-12-23)14-15-4-3-13-27-15)7-8-24-19(26)16-5-1-2-6-17(16)21-20(24)28/h1-6,13H,7-12,14H2,(H,21,28). The van der Waals surface area contributed by atoms with Crippen molar-refractivity contribution in [3.8, 4) is 0 Å². The van der Waals surface area contributed by atoms with Crippen LogP contribution >= 0.6 is 12.2 Å². The fourth-order valence-electron chi connectivity index (χ4n) is 3.55. The highest BCUT2D eigenvalue weighted by atomic mass is 32.1. The number of nitrogens with one attached hydrogen (secondary N) is 1. The number of hydrogen-bond donors (Lipinski definition) is 1. The molecule has 1 aliphatic rings. The minimum absolute atomic E-state index is 0.0482. The van der Waals surface area contributed by atoms with E-state index in [1.54, 1.807) is 12.3 Å². The molecule has 3 aromatic rings. The van der Waals surface area contributed by atoms with Gasteiger partial charge in [-0.05, 0) is 36.5 Å². The minimum atomic E-state index is -0.157. The molecule has 0 unspecified atom stereocenters. The second-order valence-corrected chi connectivity index (χ2v) is 7.31. The molecule has 1 aromatic carbocycles. The zero-order valence-corrected chi connectivity index (χ0v) is 16.3. The van der Waals surface area contributed by atoms with Crippen molar-refractivity contribution >= 4 is 29.0 Å². The van der Waals surface area contributed by atoms with Crippen LogP contribution in [0.15, 0.2) is 51.9 Å². The number of piperazine rings is 1. The molecule has 8 heteroatoms. The molecule has 7 nitrogen and oxygen atoms in total. The Kier molecular flexibility index (Phi) is 5.40. The maximum atomic E-state index is 12.7. The molecule has 0 bridgehead atoms. The highest BCUT2D eigenvalue weighted by Gasteiger charge is 2.21. The topological polar surface area (TPSA) is 74.5 Å². The maximum Gasteiger partial charge on any atom is 0.262 e. The molecule has 0 atom stereocenters. The summed E-state index contributed by atoms with van der Waals surface area (Å²) < 4.78 is 7.21. The molecule has 0 radical (unpaired) electrons. The number of aromatic amines is 1. The normalized spacial score (nSPS) is 15.2. The zero-order chi connectivity index (χ0) is 19.5. The number of para-hydroxylation sites is 1. The largest absolute Gasteiger partial charge is 0.468 e. The summed E-state index contributed by atoms with van der Waals surface area (Å²) in [6.45, 7) is 4.02. The lowest BCUT2D eigenvalue weighted by Gasteiger charge is -2.34. The summed E-state index contributed by atoms with van der Waals surface area (Å²) in [5.74, 6) is 0.983. The average Bonchev–Trinajstić information content (AvgIpc) is 3.21. The number of amides is 1. The lowest BCUT2D eigenvalue weighted by molar-refractivity contribution is -0.133. The molecule has 146 valence electrons. The third-order valence-electron chi connectivity index (χ3n) is 5.12. The Morgan fingerprint density at radius 2 is 1.89 bits per heavy atom. The highest BCUT2D eigenvalue weighted by Crippen LogP contribution is 2.11. The van der Waals surface area contributed by atoms with Gasteiger partial charge in [-0.1, -0.05) is 12.1 Å². The van der Waals surface area contributed by atoms with Crippen LogP contribution in [0.4, 0.5) is 0 Å². The highest BCUT2D eigenvalue weighted by molar-refractivity contribution is 7.71. The van der Waals surface area contributed by atoms with Crippen molar-refractivity contribution in [1.29, 1.82) is 0 Å². The van der Waals surface area contributed by atoms with E-state index in [-0.39, 0.29) is 24.4 Å². The fourth-order valence-corrected chi connectivity index (χ4v) is 3.83. The molecule has 1 saturated heterocycles. The summed E-state index contributed by atoms with van der Waals surface area (Å²) in [5, 5.41) is 0.579. The minimum Gasteiger partial charge on any atom is -0.468 e. The van der Waals surface area contributed by atoms with Gasteiger partial charge in [-0.2, -0.15) is 0 Å². The van der Waals surface area contributed by atoms with Crippen LogP contribution in [0.25, 0.3) is 10.9 Å². The van der Waals surface area contributed by atoms with Crippen LogP contribution in [0.1, 0.15) is 12.2 Å². The number of carbonyl (C=O) groups is 1. The van der Waals surface area contributed by atoms with Gasteiger partial charge in [-0.25, -0.2) is 0 Å². The third-order valence-corrected chi connectivity index (χ3v) is 5.45. The monoisotopic (exact) mass is 398 g/mol. The van der Waals surface area contributed by atoms with Gasteiger partial charge >= 0.3 is 0 Å². The van der Waals surface area contributed by atoms with Crippen LogP contribution < -0.4 is 5.56 Å². The summed E-state index contributed by atoms with van der Waals surface area (Å²) in [5.41, 5.74) is 0.558. The van der Waals surface area contributed by atoms with E-state index in [0.29, 0.717) is 28.8 Å². The zero-order valence-electron chi connectivity index (χ0n) is 15.5. The van der Waals surface area contributed by atoms with E-state index < -0.39 is 0 Å². The van der Waals surface area contributed by atoms with Crippen molar-refractivity contribution in [3.63, 3.8) is 0 Å². The molecule has 1 N–H and O–H groups in total. The first kappa shape index (κ1) is 18.6. The van der Waals surface area contributed by atoms with E-state index in [0.717, 1.165) is 25.4 Å². The van der Waals surface area contributed by atoms with Crippen LogP contribution in [0.2, 0.25) is 0 Å². The van der Waals surface area contributed by atoms with E-state index >= 15 is 0 Å². The molecule has 0 aliphatic carbocycles. The molecule has 0 saturated carbocycles. The van der Waals surface area contributed by atoms with E-state index in [2.05, 4.69) is 9.88 Å². The van der Waals surface area contributed by atoms with Gasteiger partial charge < -0.3 is 14.3 Å². The Morgan fingerprint density at radius 3 is 2.64 bits per heavy atom. The first-order chi connectivity index (χ1) is 13.6. The van der Waals surface area contributed by atoms with Gasteiger partial charge in [0.2, 0.25) is 5.91 Å². The summed E-state index contributed by atoms with van der Waals surface area (Å²) >= 11 is 5.31. The van der Waals surface area contributed by atoms with Gasteiger partial charge in [0.05, 0.1) is 23.7 Å². The van der Waals surface area contributed by atoms with E-state index in [4.69, 9.17) is 16.6 Å². The van der Waals surface area contributed by atoms with Gasteiger partial charge in [0.1, 0.15) is 5.76 Å². The van der Waals surface area contributed by atoms with Crippen molar-refractivity contribution in [2.24, 2.45) is 0 Å². The van der Waals surface area contributed by atoms with Gasteiger partial charge in [0.15, 0.2) is 4.77 Å². The van der Waals surface area contributed by atoms with Gasteiger partial charge in [-0.15, -0.1) is 0 Å². The van der Waals surface area contributed by atoms with Crippen LogP contribution in [0.5, 0.6) is 0 Å². The predicted octanol–water partition coefficient (Wildman–Crippen LogP) is 2.39. The number of nitrogens with zero attached hydrogens (tertiary/aromatic N) is 3. The first-order valence-electron chi connectivity index (χ1n) is 9.36. The Hall–Kier alpha value is -2.71. The number of furan rings is 1. The average molecular weight is 398 g/mol. The van der Waals surface area contributed by atoms with Crippen molar-refractivity contribution in [2.45, 2.75) is 19.5 Å². The van der Waals surface area contributed by atoms with Crippen LogP contribution in [0.3, 0.4) is 0 Å². The van der Waals surface area contributed by atoms with Crippen LogP contribution in [-0.4, -0.2) is 51.4 Å². The summed E-state index contributed by atoms with van der Waals surface area (Å²) in [6, 6.07) is 11.1. The number of hydrogen-bond acceptors (Lipinski definition) is 5. The predicted molar refractivity (Wildman–Crippen MR) is 109 cm³/mol. The summed E-state index contributed by atoms with van der Waals surface area (Å²) in [4.78, 5) is 32.5. The van der Waals surface area contributed by atoms with Crippen molar-refractivity contribution in [2.75, 3.05) is 26.2 Å². The van der Waals surface area contributed by atoms with Gasteiger partial charge in [-0.3, -0.25) is 19.1 Å². The molecule has 2 aromatic heterocycles. The first-order valence-corrected chi connectivity index (χ1v) is 9.77. The second kappa shape index (κ2) is 8.12. The van der Waals surface area contributed by atoms with Crippen LogP contribution in [0, 0.1) is 4.77 Å². The molecular formula is C20H22N4O3S. The molecular weight excluding hydrogens is 376 g/mol. The lowest BCUT2D eigenvalue weighted by atomic mass is 10.2. The third kappa shape index (κ3) is 3.93. The van der Waals surface area contributed by atoms with Gasteiger partial charge in [0.25, 0.3) is 5.56 Å².